The van der Waals surface area contributed by atoms with Gasteiger partial charge in [-0.15, -0.1) is 5.73 Å². The normalized spacial score (nSPS) is 22.8. The summed E-state index contributed by atoms with van der Waals surface area (Å²) < 4.78 is 16.4. The van der Waals surface area contributed by atoms with Crippen LogP contribution in [-0.4, -0.2) is 36.5 Å². The van der Waals surface area contributed by atoms with Crippen molar-refractivity contribution in [1.82, 2.24) is 9.34 Å². The molecule has 0 spiro atoms. The van der Waals surface area contributed by atoms with Crippen molar-refractivity contribution in [3.63, 3.8) is 0 Å². The van der Waals surface area contributed by atoms with E-state index in [1.165, 1.54) is 0 Å². The van der Waals surface area contributed by atoms with E-state index in [9.17, 15) is 4.57 Å². The molecule has 1 aliphatic heterocycles. The van der Waals surface area contributed by atoms with E-state index in [1.54, 1.807) is 0 Å². The molecule has 1 aliphatic rings. The van der Waals surface area contributed by atoms with E-state index in [-0.39, 0.29) is 0 Å². The summed E-state index contributed by atoms with van der Waals surface area (Å²) in [6.45, 7) is 5.53. The lowest BCUT2D eigenvalue weighted by Crippen LogP contribution is -2.13. The van der Waals surface area contributed by atoms with Crippen molar-refractivity contribution in [3.8, 4) is 0 Å². The molecule has 4 heteroatoms. The van der Waals surface area contributed by atoms with Gasteiger partial charge in [0.2, 0.25) is 7.44 Å². The van der Waals surface area contributed by atoms with Gasteiger partial charge in [-0.2, -0.15) is 0 Å². The number of hydrogen-bond acceptors (Lipinski definition) is 1. The SMILES string of the molecule is CC=C=C(C)P1(=O)N(C)CCN1C. The second kappa shape index (κ2) is 3.81. The van der Waals surface area contributed by atoms with Crippen LogP contribution in [0, 0.1) is 0 Å². The largest absolute Gasteiger partial charge is 0.283 e. The van der Waals surface area contributed by atoms with Gasteiger partial charge in [-0.3, -0.25) is 4.57 Å². The summed E-state index contributed by atoms with van der Waals surface area (Å²) >= 11 is 0. The van der Waals surface area contributed by atoms with Crippen LogP contribution in [-0.2, 0) is 4.57 Å². The van der Waals surface area contributed by atoms with Gasteiger partial charge in [0.05, 0.1) is 5.31 Å². The van der Waals surface area contributed by atoms with Crippen molar-refractivity contribution < 1.29 is 4.57 Å². The molecule has 0 aromatic rings. The monoisotopic (exact) mass is 200 g/mol. The van der Waals surface area contributed by atoms with Gasteiger partial charge in [0.25, 0.3) is 0 Å². The first-order valence-corrected chi connectivity index (χ1v) is 6.06. The molecule has 13 heavy (non-hydrogen) atoms. The summed E-state index contributed by atoms with van der Waals surface area (Å²) in [5, 5.41) is 0.845. The zero-order valence-electron chi connectivity index (χ0n) is 8.74. The zero-order chi connectivity index (χ0) is 10.1. The second-order valence-corrected chi connectivity index (χ2v) is 6.45. The number of rotatable bonds is 1. The van der Waals surface area contributed by atoms with E-state index in [0.717, 1.165) is 18.4 Å². The predicted octanol–water partition coefficient (Wildman–Crippen LogP) is 2.14. The highest BCUT2D eigenvalue weighted by Gasteiger charge is 2.39. The lowest BCUT2D eigenvalue weighted by atomic mass is 10.6. The molecule has 1 rings (SSSR count). The second-order valence-electron chi connectivity index (χ2n) is 3.32. The zero-order valence-corrected chi connectivity index (χ0v) is 9.64. The van der Waals surface area contributed by atoms with Crippen molar-refractivity contribution in [2.75, 3.05) is 27.2 Å². The molecule has 0 aromatic carbocycles. The summed E-state index contributed by atoms with van der Waals surface area (Å²) in [5.41, 5.74) is 3.03. The minimum Gasteiger partial charge on any atom is -0.283 e. The van der Waals surface area contributed by atoms with Crippen molar-refractivity contribution in [2.24, 2.45) is 0 Å². The molecule has 1 saturated heterocycles. The maximum absolute atomic E-state index is 12.5. The average molecular weight is 200 g/mol. The molecule has 0 bridgehead atoms. The molecule has 0 aromatic heterocycles. The Bertz CT molecular complexity index is 291. The van der Waals surface area contributed by atoms with Gasteiger partial charge in [0, 0.05) is 13.1 Å². The summed E-state index contributed by atoms with van der Waals surface area (Å²) in [5.74, 6) is 0. The van der Waals surface area contributed by atoms with Crippen LogP contribution in [0.1, 0.15) is 13.8 Å². The molecule has 0 atom stereocenters. The van der Waals surface area contributed by atoms with Gasteiger partial charge in [0.15, 0.2) is 0 Å². The van der Waals surface area contributed by atoms with Crippen LogP contribution in [0.15, 0.2) is 17.1 Å². The third-order valence-electron chi connectivity index (χ3n) is 2.46. The van der Waals surface area contributed by atoms with E-state index < -0.39 is 7.44 Å². The summed E-state index contributed by atoms with van der Waals surface area (Å²) in [4.78, 5) is 0. The molecule has 0 aliphatic carbocycles. The van der Waals surface area contributed by atoms with Crippen molar-refractivity contribution in [3.05, 3.63) is 17.1 Å². The smallest absolute Gasteiger partial charge is 0.248 e. The van der Waals surface area contributed by atoms with Gasteiger partial charge >= 0.3 is 0 Å². The van der Waals surface area contributed by atoms with Crippen LogP contribution >= 0.6 is 7.44 Å². The number of likely N-dealkylation sites (N-methyl/N-ethyl adjacent to an activating group) is 2. The molecule has 1 heterocycles. The van der Waals surface area contributed by atoms with Crippen molar-refractivity contribution in [1.29, 1.82) is 0 Å². The predicted molar refractivity (Wildman–Crippen MR) is 55.8 cm³/mol. The molecule has 0 amide bonds. The highest BCUT2D eigenvalue weighted by Crippen LogP contribution is 2.60. The Labute approximate surface area is 80.2 Å². The average Bonchev–Trinajstić information content (AvgIpc) is 2.35. The Morgan fingerprint density at radius 3 is 2.23 bits per heavy atom. The third-order valence-corrected chi connectivity index (χ3v) is 5.72. The Kier molecular flexibility index (Phi) is 3.15. The van der Waals surface area contributed by atoms with Gasteiger partial charge in [-0.05, 0) is 34.0 Å². The molecule has 0 radical (unpaired) electrons. The molecular weight excluding hydrogens is 183 g/mol. The quantitative estimate of drug-likeness (QED) is 0.478. The van der Waals surface area contributed by atoms with Gasteiger partial charge < -0.3 is 0 Å². The van der Waals surface area contributed by atoms with Gasteiger partial charge in [-0.25, -0.2) is 9.34 Å². The molecule has 0 N–H and O–H groups in total. The minimum absolute atomic E-state index is 0.845. The number of hydrogen-bond donors (Lipinski definition) is 0. The van der Waals surface area contributed by atoms with E-state index in [0.29, 0.717) is 0 Å². The van der Waals surface area contributed by atoms with Gasteiger partial charge in [0.1, 0.15) is 0 Å². The summed E-state index contributed by atoms with van der Waals surface area (Å²) in [6, 6.07) is 0. The van der Waals surface area contributed by atoms with Crippen LogP contribution in [0.3, 0.4) is 0 Å². The fourth-order valence-corrected chi connectivity index (χ4v) is 4.19. The van der Waals surface area contributed by atoms with E-state index in [2.05, 4.69) is 5.73 Å². The van der Waals surface area contributed by atoms with Gasteiger partial charge in [-0.1, -0.05) is 0 Å². The number of nitrogens with zero attached hydrogens (tertiary/aromatic N) is 2. The van der Waals surface area contributed by atoms with Crippen LogP contribution in [0.25, 0.3) is 0 Å². The fourth-order valence-electron chi connectivity index (χ4n) is 1.63. The highest BCUT2D eigenvalue weighted by molar-refractivity contribution is 7.63. The maximum atomic E-state index is 12.5. The minimum atomic E-state index is -2.42. The molecule has 1 fully saturated rings. The van der Waals surface area contributed by atoms with Crippen LogP contribution in [0.5, 0.6) is 0 Å². The summed E-state index contributed by atoms with van der Waals surface area (Å²) in [6.07, 6.45) is 1.81. The first-order valence-electron chi connectivity index (χ1n) is 4.45. The van der Waals surface area contributed by atoms with Crippen LogP contribution in [0.2, 0.25) is 0 Å². The Morgan fingerprint density at radius 1 is 1.38 bits per heavy atom. The first-order chi connectivity index (χ1) is 6.03. The van der Waals surface area contributed by atoms with E-state index in [4.69, 9.17) is 0 Å². The lowest BCUT2D eigenvalue weighted by Gasteiger charge is -2.24. The lowest BCUT2D eigenvalue weighted by molar-refractivity contribution is 0.497. The van der Waals surface area contributed by atoms with Crippen molar-refractivity contribution in [2.45, 2.75) is 13.8 Å². The first kappa shape index (κ1) is 10.7. The molecule has 74 valence electrons. The number of allylic oxidation sites excluding steroid dienone is 1. The standard InChI is InChI=1S/C9H17N2OP/c1-5-6-9(2)13(12)10(3)7-8-11(13)4/h5H,7-8H2,1-4H3. The Balaban J connectivity index is 3.12. The Morgan fingerprint density at radius 2 is 1.85 bits per heavy atom. The van der Waals surface area contributed by atoms with Crippen molar-refractivity contribution >= 4 is 7.44 Å². The topological polar surface area (TPSA) is 23.6 Å². The molecule has 3 nitrogen and oxygen atoms in total. The Hall–Kier alpha value is -0.330. The maximum Gasteiger partial charge on any atom is 0.248 e. The molecule has 0 saturated carbocycles. The van der Waals surface area contributed by atoms with E-state index >= 15 is 0 Å². The molecule has 0 unspecified atom stereocenters. The van der Waals surface area contributed by atoms with Crippen LogP contribution < -0.4 is 0 Å². The van der Waals surface area contributed by atoms with Crippen LogP contribution in [0.4, 0.5) is 0 Å². The highest BCUT2D eigenvalue weighted by atomic mass is 31.2. The third kappa shape index (κ3) is 1.66. The van der Waals surface area contributed by atoms with E-state index in [1.807, 2.05) is 43.4 Å². The summed E-state index contributed by atoms with van der Waals surface area (Å²) in [7, 11) is 1.40. The fraction of sp³-hybridized carbons (Fsp3) is 0.667. The molecular formula is C9H17N2OP.